The van der Waals surface area contributed by atoms with Gasteiger partial charge >= 0.3 is 18.1 Å². The molecule has 140 valence electrons. The molecule has 0 bridgehead atoms. The van der Waals surface area contributed by atoms with E-state index >= 15 is 0 Å². The Hall–Kier alpha value is -2.62. The van der Waals surface area contributed by atoms with Crippen molar-refractivity contribution in [1.82, 2.24) is 20.1 Å². The molecule has 1 aromatic carbocycles. The first kappa shape index (κ1) is 18.2. The van der Waals surface area contributed by atoms with Crippen LogP contribution in [0.25, 0.3) is 11.4 Å². The molecule has 0 saturated heterocycles. The lowest BCUT2D eigenvalue weighted by atomic mass is 10.1. The number of benzene rings is 1. The van der Waals surface area contributed by atoms with Crippen LogP contribution < -0.4 is 0 Å². The van der Waals surface area contributed by atoms with Crippen LogP contribution in [0.1, 0.15) is 24.3 Å². The predicted octanol–water partition coefficient (Wildman–Crippen LogP) is 3.33. The molecule has 2 amide bonds. The van der Waals surface area contributed by atoms with Gasteiger partial charge in [0.1, 0.15) is 0 Å². The van der Waals surface area contributed by atoms with Crippen LogP contribution in [0.5, 0.6) is 0 Å². The number of nitrogens with zero attached hydrogens (tertiary/aromatic N) is 4. The summed E-state index contributed by atoms with van der Waals surface area (Å²) in [6.45, 7) is 0.373. The Labute approximate surface area is 147 Å². The van der Waals surface area contributed by atoms with Gasteiger partial charge in [0.15, 0.2) is 0 Å². The quantitative estimate of drug-likeness (QED) is 0.755. The lowest BCUT2D eigenvalue weighted by Crippen LogP contribution is -2.41. The van der Waals surface area contributed by atoms with E-state index in [9.17, 15) is 18.0 Å². The number of halogens is 3. The number of aromatic nitrogens is 2. The summed E-state index contributed by atoms with van der Waals surface area (Å²) in [5.41, 5.74) is 1.23. The van der Waals surface area contributed by atoms with Gasteiger partial charge in [0, 0.05) is 25.2 Å². The molecule has 0 spiro atoms. The molecule has 1 aliphatic carbocycles. The van der Waals surface area contributed by atoms with Crippen molar-refractivity contribution in [2.24, 2.45) is 0 Å². The van der Waals surface area contributed by atoms with Gasteiger partial charge in [-0.1, -0.05) is 29.4 Å². The normalized spacial score (nSPS) is 14.3. The minimum Gasteiger partial charge on any atom is -0.329 e. The molecule has 3 rings (SSSR count). The molecule has 1 saturated carbocycles. The summed E-state index contributed by atoms with van der Waals surface area (Å²) in [6.07, 6.45) is -2.81. The Bertz CT molecular complexity index is 772. The van der Waals surface area contributed by atoms with E-state index in [1.165, 1.54) is 14.2 Å². The molecule has 0 radical (unpaired) electrons. The monoisotopic (exact) mass is 370 g/mol. The number of carbonyl (C=O) groups is 1. The fourth-order valence-corrected chi connectivity index (χ4v) is 2.41. The minimum atomic E-state index is -4.68. The number of hydrogen-bond donors (Lipinski definition) is 0. The van der Waals surface area contributed by atoms with Gasteiger partial charge in [0.05, 0.1) is 7.11 Å². The van der Waals surface area contributed by atoms with Crippen molar-refractivity contribution in [2.45, 2.75) is 31.6 Å². The van der Waals surface area contributed by atoms with Crippen LogP contribution in [0.15, 0.2) is 28.8 Å². The van der Waals surface area contributed by atoms with E-state index in [0.717, 1.165) is 23.5 Å². The standard InChI is InChI=1S/C16H17F3N4O3/c1-22(25-2)15(24)23(12-7-8-12)9-10-3-5-11(6-4-10)13-20-14(26-21-13)16(17,18)19/h3-6,12H,7-9H2,1-2H3. The number of hydrogen-bond acceptors (Lipinski definition) is 5. The Morgan fingerprint density at radius 3 is 2.46 bits per heavy atom. The molecule has 2 aromatic rings. The van der Waals surface area contributed by atoms with Crippen molar-refractivity contribution >= 4 is 6.03 Å². The molecule has 0 N–H and O–H groups in total. The third-order valence-electron chi connectivity index (χ3n) is 4.01. The minimum absolute atomic E-state index is 0.141. The van der Waals surface area contributed by atoms with Gasteiger partial charge in [0.2, 0.25) is 5.82 Å². The van der Waals surface area contributed by atoms with Gasteiger partial charge in [-0.2, -0.15) is 18.2 Å². The molecule has 1 fully saturated rings. The van der Waals surface area contributed by atoms with Crippen molar-refractivity contribution in [3.63, 3.8) is 0 Å². The van der Waals surface area contributed by atoms with Crippen molar-refractivity contribution in [2.75, 3.05) is 14.2 Å². The zero-order chi connectivity index (χ0) is 18.9. The lowest BCUT2D eigenvalue weighted by molar-refractivity contribution is -0.159. The van der Waals surface area contributed by atoms with Crippen molar-refractivity contribution < 1.29 is 27.3 Å². The van der Waals surface area contributed by atoms with E-state index in [1.54, 1.807) is 29.2 Å². The first-order valence-corrected chi connectivity index (χ1v) is 7.88. The van der Waals surface area contributed by atoms with Crippen LogP contribution in [-0.2, 0) is 17.6 Å². The number of amides is 2. The van der Waals surface area contributed by atoms with E-state index < -0.39 is 12.1 Å². The molecule has 26 heavy (non-hydrogen) atoms. The van der Waals surface area contributed by atoms with Crippen molar-refractivity contribution in [3.8, 4) is 11.4 Å². The van der Waals surface area contributed by atoms with E-state index in [-0.39, 0.29) is 17.9 Å². The summed E-state index contributed by atoms with van der Waals surface area (Å²) in [7, 11) is 2.95. The van der Waals surface area contributed by atoms with Gasteiger partial charge in [-0.15, -0.1) is 0 Å². The maximum absolute atomic E-state index is 12.5. The van der Waals surface area contributed by atoms with Gasteiger partial charge in [-0.25, -0.2) is 9.86 Å². The van der Waals surface area contributed by atoms with Gasteiger partial charge in [-0.05, 0) is 18.4 Å². The second-order valence-corrected chi connectivity index (χ2v) is 5.94. The fraction of sp³-hybridized carbons (Fsp3) is 0.438. The van der Waals surface area contributed by atoms with Crippen LogP contribution in [0.3, 0.4) is 0 Å². The number of carbonyl (C=O) groups excluding carboxylic acids is 1. The average Bonchev–Trinajstić information content (AvgIpc) is 3.32. The van der Waals surface area contributed by atoms with E-state index in [1.807, 2.05) is 0 Å². The second kappa shape index (κ2) is 6.94. The Morgan fingerprint density at radius 2 is 1.96 bits per heavy atom. The van der Waals surface area contributed by atoms with E-state index in [2.05, 4.69) is 14.7 Å². The predicted molar refractivity (Wildman–Crippen MR) is 83.5 cm³/mol. The van der Waals surface area contributed by atoms with Crippen molar-refractivity contribution in [3.05, 3.63) is 35.7 Å². The highest BCUT2D eigenvalue weighted by molar-refractivity contribution is 5.73. The number of rotatable bonds is 5. The van der Waals surface area contributed by atoms with E-state index in [0.29, 0.717) is 12.1 Å². The third-order valence-corrected chi connectivity index (χ3v) is 4.01. The topological polar surface area (TPSA) is 71.7 Å². The summed E-state index contributed by atoms with van der Waals surface area (Å²) in [4.78, 5) is 22.3. The molecule has 0 atom stereocenters. The van der Waals surface area contributed by atoms with Crippen LogP contribution in [-0.4, -0.2) is 46.3 Å². The lowest BCUT2D eigenvalue weighted by Gasteiger charge is -2.26. The van der Waals surface area contributed by atoms with Gasteiger partial charge in [-0.3, -0.25) is 4.84 Å². The fourth-order valence-electron chi connectivity index (χ4n) is 2.41. The zero-order valence-electron chi connectivity index (χ0n) is 14.2. The van der Waals surface area contributed by atoms with Crippen LogP contribution >= 0.6 is 0 Å². The molecule has 1 aliphatic rings. The number of urea groups is 1. The Morgan fingerprint density at radius 1 is 1.31 bits per heavy atom. The van der Waals surface area contributed by atoms with E-state index in [4.69, 9.17) is 4.84 Å². The summed E-state index contributed by atoms with van der Waals surface area (Å²) in [5.74, 6) is -1.53. The second-order valence-electron chi connectivity index (χ2n) is 5.94. The number of hydroxylamine groups is 2. The highest BCUT2D eigenvalue weighted by Gasteiger charge is 2.38. The Balaban J connectivity index is 1.73. The van der Waals surface area contributed by atoms with Gasteiger partial charge < -0.3 is 9.42 Å². The molecule has 0 unspecified atom stereocenters. The maximum Gasteiger partial charge on any atom is 0.471 e. The summed E-state index contributed by atoms with van der Waals surface area (Å²) >= 11 is 0. The smallest absolute Gasteiger partial charge is 0.329 e. The molecule has 1 aromatic heterocycles. The molecular formula is C16H17F3N4O3. The maximum atomic E-state index is 12.5. The first-order chi connectivity index (χ1) is 12.3. The SMILES string of the molecule is CON(C)C(=O)N(Cc1ccc(-c2noc(C(F)(F)F)n2)cc1)C1CC1. The molecular weight excluding hydrogens is 353 g/mol. The summed E-state index contributed by atoms with van der Waals surface area (Å²) in [6, 6.07) is 6.55. The largest absolute Gasteiger partial charge is 0.471 e. The summed E-state index contributed by atoms with van der Waals surface area (Å²) in [5, 5.41) is 4.51. The van der Waals surface area contributed by atoms with Crippen LogP contribution in [0.2, 0.25) is 0 Å². The van der Waals surface area contributed by atoms with Gasteiger partial charge in [0.25, 0.3) is 0 Å². The number of alkyl halides is 3. The first-order valence-electron chi connectivity index (χ1n) is 7.88. The third kappa shape index (κ3) is 3.96. The average molecular weight is 370 g/mol. The van der Waals surface area contributed by atoms with Crippen LogP contribution in [0, 0.1) is 0 Å². The molecule has 1 heterocycles. The zero-order valence-corrected chi connectivity index (χ0v) is 14.2. The highest BCUT2D eigenvalue weighted by atomic mass is 19.4. The van der Waals surface area contributed by atoms with Crippen molar-refractivity contribution in [1.29, 1.82) is 0 Å². The van der Waals surface area contributed by atoms with Crippen LogP contribution in [0.4, 0.5) is 18.0 Å². The summed E-state index contributed by atoms with van der Waals surface area (Å²) < 4.78 is 41.8. The molecule has 0 aliphatic heterocycles. The molecule has 10 heteroatoms. The molecule has 7 nitrogen and oxygen atoms in total. The Kier molecular flexibility index (Phi) is 4.86. The highest BCUT2D eigenvalue weighted by Crippen LogP contribution is 2.31.